The molecule has 1 rings (SSSR count). The van der Waals surface area contributed by atoms with E-state index >= 15 is 0 Å². The zero-order chi connectivity index (χ0) is 13.3. The molecule has 94 valence electrons. The fraction of sp³-hybridized carbons (Fsp3) is 0.250. The van der Waals surface area contributed by atoms with Gasteiger partial charge in [-0.05, 0) is 18.2 Å². The van der Waals surface area contributed by atoms with Crippen molar-refractivity contribution in [1.82, 2.24) is 0 Å². The number of nitro groups is 1. The molecule has 0 atom stereocenters. The lowest BCUT2D eigenvalue weighted by atomic mass is 10.2. The fourth-order valence-corrected chi connectivity index (χ4v) is 2.10. The van der Waals surface area contributed by atoms with Gasteiger partial charge >= 0.3 is 12.1 Å². The van der Waals surface area contributed by atoms with Gasteiger partial charge < -0.3 is 0 Å². The van der Waals surface area contributed by atoms with E-state index in [1.165, 1.54) is 0 Å². The highest BCUT2D eigenvalue weighted by atomic mass is 32.2. The van der Waals surface area contributed by atoms with Crippen LogP contribution >= 0.6 is 0 Å². The van der Waals surface area contributed by atoms with Crippen LogP contribution in [-0.4, -0.2) is 19.2 Å². The average molecular weight is 269 g/mol. The van der Waals surface area contributed by atoms with E-state index in [2.05, 4.69) is 0 Å². The van der Waals surface area contributed by atoms with Gasteiger partial charge in [-0.15, -0.1) is 0 Å². The molecule has 0 saturated heterocycles. The molecule has 0 heterocycles. The number of alkyl halides is 3. The Bertz CT molecular complexity index is 538. The quantitative estimate of drug-likeness (QED) is 0.618. The van der Waals surface area contributed by atoms with E-state index in [9.17, 15) is 31.7 Å². The standard InChI is InChI=1S/C8H6F3NO4S/c9-8(10,11)6-2-1-3-7(4-6)17(15,16)5-12(13)14/h1-4H,5H2. The zero-order valence-corrected chi connectivity index (χ0v) is 8.96. The minimum Gasteiger partial charge on any atom is -0.263 e. The number of hydrogen-bond acceptors (Lipinski definition) is 4. The van der Waals surface area contributed by atoms with E-state index in [1.54, 1.807) is 0 Å². The molecule has 1 aromatic carbocycles. The Morgan fingerprint density at radius 1 is 1.29 bits per heavy atom. The zero-order valence-electron chi connectivity index (χ0n) is 8.14. The van der Waals surface area contributed by atoms with Crippen molar-refractivity contribution in [3.8, 4) is 0 Å². The van der Waals surface area contributed by atoms with Gasteiger partial charge in [0.15, 0.2) is 0 Å². The molecule has 0 saturated carbocycles. The minimum atomic E-state index is -4.69. The van der Waals surface area contributed by atoms with Crippen LogP contribution in [0.5, 0.6) is 0 Å². The molecule has 1 aromatic rings. The molecule has 17 heavy (non-hydrogen) atoms. The first kappa shape index (κ1) is 13.4. The van der Waals surface area contributed by atoms with Gasteiger partial charge in [-0.1, -0.05) is 6.07 Å². The van der Waals surface area contributed by atoms with Crippen LogP contribution in [0.2, 0.25) is 0 Å². The van der Waals surface area contributed by atoms with Gasteiger partial charge in [0.05, 0.1) is 10.5 Å². The normalized spacial score (nSPS) is 12.4. The predicted octanol–water partition coefficient (Wildman–Crippen LogP) is 1.71. The van der Waals surface area contributed by atoms with Crippen molar-refractivity contribution in [3.63, 3.8) is 0 Å². The van der Waals surface area contributed by atoms with Gasteiger partial charge in [0.2, 0.25) is 9.84 Å². The maximum Gasteiger partial charge on any atom is 0.416 e. The second-order valence-electron chi connectivity index (χ2n) is 3.10. The van der Waals surface area contributed by atoms with Crippen molar-refractivity contribution in [3.05, 3.63) is 39.9 Å². The SMILES string of the molecule is O=[N+]([O-])CS(=O)(=O)c1cccc(C(F)(F)F)c1. The van der Waals surface area contributed by atoms with Crippen molar-refractivity contribution in [2.75, 3.05) is 5.88 Å². The van der Waals surface area contributed by atoms with Crippen LogP contribution in [0, 0.1) is 10.1 Å². The molecule has 0 aromatic heterocycles. The summed E-state index contributed by atoms with van der Waals surface area (Å²) in [5.74, 6) is -1.44. The van der Waals surface area contributed by atoms with Gasteiger partial charge in [0, 0.05) is 4.92 Å². The molecule has 9 heteroatoms. The van der Waals surface area contributed by atoms with E-state index in [0.29, 0.717) is 12.1 Å². The maximum atomic E-state index is 12.3. The minimum absolute atomic E-state index is 0.374. The number of hydrogen-bond donors (Lipinski definition) is 0. The highest BCUT2D eigenvalue weighted by Gasteiger charge is 2.32. The van der Waals surface area contributed by atoms with Crippen LogP contribution in [0.1, 0.15) is 5.56 Å². The molecule has 5 nitrogen and oxygen atoms in total. The molecular weight excluding hydrogens is 263 g/mol. The molecule has 0 N–H and O–H groups in total. The number of benzene rings is 1. The first-order chi connectivity index (χ1) is 7.63. The van der Waals surface area contributed by atoms with E-state index in [4.69, 9.17) is 0 Å². The summed E-state index contributed by atoms with van der Waals surface area (Å²) in [4.78, 5) is 8.24. The smallest absolute Gasteiger partial charge is 0.263 e. The monoisotopic (exact) mass is 269 g/mol. The summed E-state index contributed by atoms with van der Waals surface area (Å²) in [5, 5.41) is 10.1. The first-order valence-corrected chi connectivity index (χ1v) is 5.80. The highest BCUT2D eigenvalue weighted by molar-refractivity contribution is 7.91. The van der Waals surface area contributed by atoms with Crippen LogP contribution in [0.25, 0.3) is 0 Å². The summed E-state index contributed by atoms with van der Waals surface area (Å²) in [5.41, 5.74) is -1.16. The summed E-state index contributed by atoms with van der Waals surface area (Å²) in [6.45, 7) is 0. The van der Waals surface area contributed by atoms with Crippen LogP contribution in [0.4, 0.5) is 13.2 Å². The summed E-state index contributed by atoms with van der Waals surface area (Å²) in [7, 11) is -4.34. The van der Waals surface area contributed by atoms with Gasteiger partial charge in [0.25, 0.3) is 0 Å². The predicted molar refractivity (Wildman–Crippen MR) is 50.5 cm³/mol. The third-order valence-electron chi connectivity index (χ3n) is 1.80. The molecule has 0 unspecified atom stereocenters. The van der Waals surface area contributed by atoms with E-state index < -0.39 is 37.3 Å². The fourth-order valence-electron chi connectivity index (χ4n) is 1.08. The van der Waals surface area contributed by atoms with Crippen LogP contribution in [0.3, 0.4) is 0 Å². The van der Waals surface area contributed by atoms with Crippen molar-refractivity contribution in [2.24, 2.45) is 0 Å². The van der Waals surface area contributed by atoms with Crippen LogP contribution in [0.15, 0.2) is 29.2 Å². The maximum absolute atomic E-state index is 12.3. The Labute approximate surface area is 93.9 Å². The summed E-state index contributed by atoms with van der Waals surface area (Å²) in [6.07, 6.45) is -4.69. The lowest BCUT2D eigenvalue weighted by Crippen LogP contribution is -2.15. The summed E-state index contributed by atoms with van der Waals surface area (Å²) >= 11 is 0. The van der Waals surface area contributed by atoms with E-state index in [0.717, 1.165) is 12.1 Å². The number of sulfone groups is 1. The lowest BCUT2D eigenvalue weighted by molar-refractivity contribution is -0.458. The average Bonchev–Trinajstić information content (AvgIpc) is 2.14. The molecule has 0 aliphatic carbocycles. The Balaban J connectivity index is 3.21. The van der Waals surface area contributed by atoms with E-state index in [1.807, 2.05) is 0 Å². The van der Waals surface area contributed by atoms with Gasteiger partial charge in [0.1, 0.15) is 0 Å². The van der Waals surface area contributed by atoms with Crippen LogP contribution in [-0.2, 0) is 16.0 Å². The third-order valence-corrected chi connectivity index (χ3v) is 3.32. The largest absolute Gasteiger partial charge is 0.416 e. The van der Waals surface area contributed by atoms with Crippen LogP contribution < -0.4 is 0 Å². The molecule has 0 radical (unpaired) electrons. The second-order valence-corrected chi connectivity index (χ2v) is 5.06. The third kappa shape index (κ3) is 3.41. The number of nitrogens with zero attached hydrogens (tertiary/aromatic N) is 1. The molecular formula is C8H6F3NO4S. The molecule has 0 amide bonds. The van der Waals surface area contributed by atoms with E-state index in [-0.39, 0.29) is 0 Å². The Morgan fingerprint density at radius 2 is 1.88 bits per heavy atom. The molecule has 0 aliphatic rings. The molecule has 0 fully saturated rings. The first-order valence-electron chi connectivity index (χ1n) is 4.15. The van der Waals surface area contributed by atoms with Crippen molar-refractivity contribution < 1.29 is 26.5 Å². The lowest BCUT2D eigenvalue weighted by Gasteiger charge is -2.07. The Kier molecular flexibility index (Phi) is 3.41. The molecule has 0 aliphatic heterocycles. The number of halogens is 3. The second kappa shape index (κ2) is 4.32. The van der Waals surface area contributed by atoms with Gasteiger partial charge in [-0.3, -0.25) is 10.1 Å². The summed E-state index contributed by atoms with van der Waals surface area (Å²) < 4.78 is 59.5. The molecule has 0 spiro atoms. The van der Waals surface area contributed by atoms with Crippen molar-refractivity contribution >= 4 is 9.84 Å². The topological polar surface area (TPSA) is 77.3 Å². The highest BCUT2D eigenvalue weighted by Crippen LogP contribution is 2.30. The summed E-state index contributed by atoms with van der Waals surface area (Å²) in [6, 6.07) is 2.83. The van der Waals surface area contributed by atoms with Gasteiger partial charge in [-0.25, -0.2) is 8.42 Å². The van der Waals surface area contributed by atoms with Gasteiger partial charge in [-0.2, -0.15) is 13.2 Å². The Hall–Kier alpha value is -1.64. The Morgan fingerprint density at radius 3 is 2.35 bits per heavy atom. The van der Waals surface area contributed by atoms with Crippen molar-refractivity contribution in [1.29, 1.82) is 0 Å². The number of rotatable bonds is 3. The molecule has 0 bridgehead atoms. The van der Waals surface area contributed by atoms with Crippen molar-refractivity contribution in [2.45, 2.75) is 11.1 Å².